The molecule has 0 saturated heterocycles. The van der Waals surface area contributed by atoms with E-state index in [4.69, 9.17) is 5.73 Å². The molecule has 0 aliphatic carbocycles. The van der Waals surface area contributed by atoms with E-state index in [1.54, 1.807) is 0 Å². The zero-order valence-electron chi connectivity index (χ0n) is 7.76. The summed E-state index contributed by atoms with van der Waals surface area (Å²) in [4.78, 5) is 3.34. The van der Waals surface area contributed by atoms with Gasteiger partial charge in [0.2, 0.25) is 0 Å². The Labute approximate surface area is 84.1 Å². The summed E-state index contributed by atoms with van der Waals surface area (Å²) in [6.07, 6.45) is -4.66. The summed E-state index contributed by atoms with van der Waals surface area (Å²) < 4.78 is 50.6. The fourth-order valence-electron chi connectivity index (χ4n) is 1.22. The molecule has 0 aliphatic rings. The Kier molecular flexibility index (Phi) is 3.62. The minimum Gasteiger partial charge on any atom is -0.330 e. The lowest BCUT2D eigenvalue weighted by Crippen LogP contribution is -2.13. The Morgan fingerprint density at radius 1 is 1.40 bits per heavy atom. The number of nitrogens with two attached hydrogens (primary N) is 1. The molecule has 1 atom stereocenters. The molecule has 1 aromatic rings. The van der Waals surface area contributed by atoms with Gasteiger partial charge in [-0.1, -0.05) is 0 Å². The highest BCUT2D eigenvalue weighted by Gasteiger charge is 2.35. The number of rotatable bonds is 3. The number of hydrogen-bond acceptors (Lipinski definition) is 2. The lowest BCUT2D eigenvalue weighted by molar-refractivity contribution is -0.139. The quantitative estimate of drug-likeness (QED) is 0.798. The van der Waals surface area contributed by atoms with Gasteiger partial charge in [-0.05, 0) is 19.0 Å². The van der Waals surface area contributed by atoms with Crippen molar-refractivity contribution in [3.8, 4) is 0 Å². The van der Waals surface area contributed by atoms with Gasteiger partial charge in [-0.3, -0.25) is 4.98 Å². The van der Waals surface area contributed by atoms with Gasteiger partial charge in [0.1, 0.15) is 6.17 Å². The third-order valence-electron chi connectivity index (χ3n) is 1.92. The van der Waals surface area contributed by atoms with Crippen molar-refractivity contribution in [1.82, 2.24) is 4.98 Å². The fraction of sp³-hybridized carbons (Fsp3) is 0.444. The smallest absolute Gasteiger partial charge is 0.330 e. The van der Waals surface area contributed by atoms with Crippen molar-refractivity contribution >= 4 is 0 Å². The predicted octanol–water partition coefficient (Wildman–Crippen LogP) is 2.46. The van der Waals surface area contributed by atoms with E-state index in [-0.39, 0.29) is 13.0 Å². The molecule has 2 N–H and O–H groups in total. The first-order valence-corrected chi connectivity index (χ1v) is 4.32. The second-order valence-electron chi connectivity index (χ2n) is 3.01. The topological polar surface area (TPSA) is 38.9 Å². The number of pyridine rings is 1. The van der Waals surface area contributed by atoms with Crippen LogP contribution in [-0.2, 0) is 6.18 Å². The van der Waals surface area contributed by atoms with Crippen molar-refractivity contribution < 1.29 is 17.6 Å². The summed E-state index contributed by atoms with van der Waals surface area (Å²) in [5, 5.41) is 0. The van der Waals surface area contributed by atoms with Crippen molar-refractivity contribution in [3.05, 3.63) is 29.6 Å². The Bertz CT molecular complexity index is 324. The van der Waals surface area contributed by atoms with E-state index in [1.807, 2.05) is 0 Å². The highest BCUT2D eigenvalue weighted by Crippen LogP contribution is 2.35. The maximum Gasteiger partial charge on any atom is 0.418 e. The van der Waals surface area contributed by atoms with Crippen LogP contribution in [0, 0.1) is 0 Å². The molecule has 0 spiro atoms. The van der Waals surface area contributed by atoms with Crippen molar-refractivity contribution in [1.29, 1.82) is 0 Å². The summed E-state index contributed by atoms with van der Waals surface area (Å²) in [5.74, 6) is 0. The average Bonchev–Trinajstić information content (AvgIpc) is 2.17. The van der Waals surface area contributed by atoms with Crippen LogP contribution >= 0.6 is 0 Å². The summed E-state index contributed by atoms with van der Waals surface area (Å²) >= 11 is 0. The molecule has 0 bridgehead atoms. The largest absolute Gasteiger partial charge is 0.418 e. The molecule has 0 radical (unpaired) electrons. The highest BCUT2D eigenvalue weighted by atomic mass is 19.4. The third-order valence-corrected chi connectivity index (χ3v) is 1.92. The second-order valence-corrected chi connectivity index (χ2v) is 3.01. The van der Waals surface area contributed by atoms with E-state index < -0.39 is 23.5 Å². The lowest BCUT2D eigenvalue weighted by Gasteiger charge is -2.14. The minimum absolute atomic E-state index is 0.000780. The van der Waals surface area contributed by atoms with Crippen LogP contribution in [0.2, 0.25) is 0 Å². The van der Waals surface area contributed by atoms with Crippen LogP contribution in [0.3, 0.4) is 0 Å². The van der Waals surface area contributed by atoms with Crippen LogP contribution in [0.25, 0.3) is 0 Å². The van der Waals surface area contributed by atoms with E-state index >= 15 is 0 Å². The first kappa shape index (κ1) is 11.9. The third kappa shape index (κ3) is 2.89. The number of alkyl halides is 4. The van der Waals surface area contributed by atoms with Crippen molar-refractivity contribution in [2.45, 2.75) is 18.8 Å². The first-order valence-electron chi connectivity index (χ1n) is 4.32. The second kappa shape index (κ2) is 4.57. The van der Waals surface area contributed by atoms with E-state index in [9.17, 15) is 17.6 Å². The maximum atomic E-state index is 13.3. The molecule has 0 saturated carbocycles. The van der Waals surface area contributed by atoms with Crippen LogP contribution in [-0.4, -0.2) is 11.5 Å². The summed E-state index contributed by atoms with van der Waals surface area (Å²) in [7, 11) is 0. The van der Waals surface area contributed by atoms with Gasteiger partial charge in [0.15, 0.2) is 0 Å². The molecule has 0 fully saturated rings. The zero-order valence-corrected chi connectivity index (χ0v) is 7.76. The van der Waals surface area contributed by atoms with Gasteiger partial charge in [0.25, 0.3) is 0 Å². The average molecular weight is 222 g/mol. The Morgan fingerprint density at radius 3 is 2.60 bits per heavy atom. The molecule has 6 heteroatoms. The Morgan fingerprint density at radius 2 is 2.07 bits per heavy atom. The van der Waals surface area contributed by atoms with E-state index in [2.05, 4.69) is 4.98 Å². The van der Waals surface area contributed by atoms with Crippen LogP contribution in [0.4, 0.5) is 17.6 Å². The summed E-state index contributed by atoms with van der Waals surface area (Å²) in [5.41, 5.74) is 3.65. The number of hydrogen-bond donors (Lipinski definition) is 1. The molecular weight excluding hydrogens is 212 g/mol. The standard InChI is InChI=1S/C9H10F4N2/c10-8(1-3-14)6-2-4-15-5-7(6)9(11,12)13/h2,4-5,8H,1,3,14H2. The highest BCUT2D eigenvalue weighted by molar-refractivity contribution is 5.28. The Hall–Kier alpha value is -1.17. The molecule has 1 unspecified atom stereocenters. The monoisotopic (exact) mass is 222 g/mol. The maximum absolute atomic E-state index is 13.3. The van der Waals surface area contributed by atoms with Gasteiger partial charge >= 0.3 is 6.18 Å². The van der Waals surface area contributed by atoms with E-state index in [1.165, 1.54) is 0 Å². The van der Waals surface area contributed by atoms with Crippen LogP contribution in [0.15, 0.2) is 18.5 Å². The SMILES string of the molecule is NCCC(F)c1ccncc1C(F)(F)F. The van der Waals surface area contributed by atoms with Gasteiger partial charge < -0.3 is 5.73 Å². The molecular formula is C9H10F4N2. The normalized spacial score (nSPS) is 13.9. The molecule has 15 heavy (non-hydrogen) atoms. The lowest BCUT2D eigenvalue weighted by atomic mass is 10.0. The predicted molar refractivity (Wildman–Crippen MR) is 46.8 cm³/mol. The van der Waals surface area contributed by atoms with Gasteiger partial charge in [0, 0.05) is 18.0 Å². The number of nitrogens with zero attached hydrogens (tertiary/aromatic N) is 1. The molecule has 1 heterocycles. The van der Waals surface area contributed by atoms with Crippen LogP contribution in [0.5, 0.6) is 0 Å². The summed E-state index contributed by atoms with van der Waals surface area (Å²) in [6, 6.07) is 1.03. The van der Waals surface area contributed by atoms with Gasteiger partial charge in [-0.25, -0.2) is 4.39 Å². The molecule has 0 aliphatic heterocycles. The van der Waals surface area contributed by atoms with E-state index in [0.29, 0.717) is 6.20 Å². The molecule has 2 nitrogen and oxygen atoms in total. The molecule has 1 aromatic heterocycles. The van der Waals surface area contributed by atoms with Gasteiger partial charge in [-0.2, -0.15) is 13.2 Å². The first-order chi connectivity index (χ1) is 6.96. The zero-order chi connectivity index (χ0) is 11.5. The van der Waals surface area contributed by atoms with Crippen molar-refractivity contribution in [2.75, 3.05) is 6.54 Å². The molecule has 1 rings (SSSR count). The summed E-state index contributed by atoms with van der Waals surface area (Å²) in [6.45, 7) is 0.000780. The van der Waals surface area contributed by atoms with Crippen LogP contribution < -0.4 is 5.73 Å². The van der Waals surface area contributed by atoms with Crippen LogP contribution in [0.1, 0.15) is 23.7 Å². The molecule has 0 amide bonds. The molecule has 0 aromatic carbocycles. The van der Waals surface area contributed by atoms with Crippen molar-refractivity contribution in [2.24, 2.45) is 5.73 Å². The van der Waals surface area contributed by atoms with Crippen molar-refractivity contribution in [3.63, 3.8) is 0 Å². The van der Waals surface area contributed by atoms with Gasteiger partial charge in [0.05, 0.1) is 5.56 Å². The fourth-order valence-corrected chi connectivity index (χ4v) is 1.22. The molecule has 84 valence electrons. The van der Waals surface area contributed by atoms with E-state index in [0.717, 1.165) is 12.3 Å². The number of halogens is 4. The van der Waals surface area contributed by atoms with Gasteiger partial charge in [-0.15, -0.1) is 0 Å². The number of aromatic nitrogens is 1. The minimum atomic E-state index is -4.58. The Balaban J connectivity index is 3.06.